The van der Waals surface area contributed by atoms with Gasteiger partial charge < -0.3 is 26.3 Å². The van der Waals surface area contributed by atoms with Crippen molar-refractivity contribution < 1.29 is 4.79 Å². The van der Waals surface area contributed by atoms with Gasteiger partial charge in [0.15, 0.2) is 0 Å². The minimum atomic E-state index is -0.428. The van der Waals surface area contributed by atoms with E-state index in [9.17, 15) is 9.59 Å². The van der Waals surface area contributed by atoms with E-state index in [1.807, 2.05) is 12.1 Å². The Hall–Kier alpha value is -3.35. The summed E-state index contributed by atoms with van der Waals surface area (Å²) in [6.07, 6.45) is 6.55. The normalized spacial score (nSPS) is 14.6. The number of aromatic nitrogens is 1. The molecule has 1 amide bonds. The molecule has 1 aliphatic heterocycles. The van der Waals surface area contributed by atoms with E-state index in [1.54, 1.807) is 19.1 Å². The molecule has 0 spiro atoms. The number of anilines is 2. The molecule has 146 valence electrons. The first-order valence-electron chi connectivity index (χ1n) is 9.36. The molecule has 5 N–H and O–H groups in total. The minimum Gasteiger partial charge on any atom is -0.402 e. The SMILES string of the molecule is CC(N)=CC(=N)c1c[nH]c(=O)c(NC(=O)c2ccc(N3CCCCC3)cc2)c1. The summed E-state index contributed by atoms with van der Waals surface area (Å²) in [5.41, 5.74) is 7.93. The van der Waals surface area contributed by atoms with Crippen molar-refractivity contribution in [1.29, 1.82) is 5.41 Å². The third-order valence-electron chi connectivity index (χ3n) is 4.69. The third-order valence-corrected chi connectivity index (χ3v) is 4.69. The van der Waals surface area contributed by atoms with Gasteiger partial charge in [-0.3, -0.25) is 9.59 Å². The van der Waals surface area contributed by atoms with Gasteiger partial charge in [0.1, 0.15) is 5.69 Å². The van der Waals surface area contributed by atoms with E-state index in [-0.39, 0.29) is 17.3 Å². The maximum absolute atomic E-state index is 12.5. The number of allylic oxidation sites excluding steroid dienone is 2. The number of H-pyrrole nitrogens is 1. The molecule has 1 aromatic carbocycles. The number of carbonyl (C=O) groups is 1. The van der Waals surface area contributed by atoms with Gasteiger partial charge in [0.25, 0.3) is 11.5 Å². The lowest BCUT2D eigenvalue weighted by Gasteiger charge is -2.28. The Labute approximate surface area is 163 Å². The maximum atomic E-state index is 12.5. The van der Waals surface area contributed by atoms with Crippen molar-refractivity contribution in [1.82, 2.24) is 4.98 Å². The maximum Gasteiger partial charge on any atom is 0.271 e. The fraction of sp³-hybridized carbons (Fsp3) is 0.286. The van der Waals surface area contributed by atoms with Gasteiger partial charge in [-0.2, -0.15) is 0 Å². The van der Waals surface area contributed by atoms with Crippen LogP contribution in [0.3, 0.4) is 0 Å². The van der Waals surface area contributed by atoms with Crippen LogP contribution in [0.25, 0.3) is 0 Å². The van der Waals surface area contributed by atoms with Crippen LogP contribution < -0.4 is 21.5 Å². The van der Waals surface area contributed by atoms with Crippen molar-refractivity contribution in [3.63, 3.8) is 0 Å². The summed E-state index contributed by atoms with van der Waals surface area (Å²) in [5, 5.41) is 10.6. The van der Waals surface area contributed by atoms with Crippen LogP contribution in [0.5, 0.6) is 0 Å². The molecule has 0 bridgehead atoms. The molecule has 1 fully saturated rings. The molecule has 0 saturated carbocycles. The molecule has 0 aliphatic carbocycles. The van der Waals surface area contributed by atoms with E-state index in [2.05, 4.69) is 15.2 Å². The van der Waals surface area contributed by atoms with Gasteiger partial charge in [-0.15, -0.1) is 0 Å². The number of piperidine rings is 1. The number of hydrogen-bond donors (Lipinski definition) is 4. The monoisotopic (exact) mass is 379 g/mol. The average molecular weight is 379 g/mol. The van der Waals surface area contributed by atoms with Crippen LogP contribution in [0.15, 0.2) is 53.1 Å². The number of nitrogens with zero attached hydrogens (tertiary/aromatic N) is 1. The highest BCUT2D eigenvalue weighted by atomic mass is 16.2. The minimum absolute atomic E-state index is 0.0930. The van der Waals surface area contributed by atoms with Gasteiger partial charge in [0.2, 0.25) is 0 Å². The van der Waals surface area contributed by atoms with E-state index in [1.165, 1.54) is 37.6 Å². The van der Waals surface area contributed by atoms with Crippen molar-refractivity contribution in [3.8, 4) is 0 Å². The van der Waals surface area contributed by atoms with Crippen molar-refractivity contribution in [2.75, 3.05) is 23.3 Å². The van der Waals surface area contributed by atoms with Crippen molar-refractivity contribution in [3.05, 3.63) is 69.8 Å². The quantitative estimate of drug-likeness (QED) is 0.598. The highest BCUT2D eigenvalue weighted by Crippen LogP contribution is 2.20. The Morgan fingerprint density at radius 2 is 1.86 bits per heavy atom. The molecular weight excluding hydrogens is 354 g/mol. The molecule has 7 heteroatoms. The van der Waals surface area contributed by atoms with Crippen molar-refractivity contribution >= 4 is 23.0 Å². The molecule has 2 heterocycles. The first kappa shape index (κ1) is 19.4. The van der Waals surface area contributed by atoms with E-state index in [0.717, 1.165) is 18.8 Å². The van der Waals surface area contributed by atoms with Gasteiger partial charge in [0, 0.05) is 41.8 Å². The number of pyridine rings is 1. The Morgan fingerprint density at radius 3 is 2.50 bits per heavy atom. The molecule has 1 aromatic heterocycles. The number of rotatable bonds is 5. The van der Waals surface area contributed by atoms with E-state index >= 15 is 0 Å². The van der Waals surface area contributed by atoms with Gasteiger partial charge in [-0.1, -0.05) is 0 Å². The topological polar surface area (TPSA) is 115 Å². The number of benzene rings is 1. The predicted octanol–water partition coefficient (Wildman–Crippen LogP) is 2.85. The predicted molar refractivity (Wildman–Crippen MR) is 112 cm³/mol. The molecule has 28 heavy (non-hydrogen) atoms. The average Bonchev–Trinajstić information content (AvgIpc) is 2.70. The first-order chi connectivity index (χ1) is 13.4. The standard InChI is InChI=1S/C21H25N5O2/c1-14(22)11-18(23)16-12-19(21(28)24-13-16)25-20(27)15-5-7-17(8-6-15)26-9-3-2-4-10-26/h5-8,11-13,23H,2-4,9-10,22H2,1H3,(H,24,28)(H,25,27). The van der Waals surface area contributed by atoms with Gasteiger partial charge in [0.05, 0.1) is 5.71 Å². The molecule has 7 nitrogen and oxygen atoms in total. The lowest BCUT2D eigenvalue weighted by Crippen LogP contribution is -2.29. The van der Waals surface area contributed by atoms with Crippen LogP contribution in [0.2, 0.25) is 0 Å². The highest BCUT2D eigenvalue weighted by Gasteiger charge is 2.13. The van der Waals surface area contributed by atoms with Gasteiger partial charge >= 0.3 is 0 Å². The number of nitrogens with one attached hydrogen (secondary N) is 3. The van der Waals surface area contributed by atoms with E-state index in [0.29, 0.717) is 16.8 Å². The summed E-state index contributed by atoms with van der Waals surface area (Å²) >= 11 is 0. The molecule has 0 atom stereocenters. The molecule has 3 rings (SSSR count). The molecule has 1 saturated heterocycles. The van der Waals surface area contributed by atoms with Crippen LogP contribution >= 0.6 is 0 Å². The number of hydrogen-bond acceptors (Lipinski definition) is 5. The number of carbonyl (C=O) groups excluding carboxylic acids is 1. The fourth-order valence-electron chi connectivity index (χ4n) is 3.21. The lowest BCUT2D eigenvalue weighted by molar-refractivity contribution is 0.102. The zero-order valence-electron chi connectivity index (χ0n) is 15.9. The van der Waals surface area contributed by atoms with Crippen LogP contribution in [0, 0.1) is 5.41 Å². The summed E-state index contributed by atoms with van der Waals surface area (Å²) in [6, 6.07) is 8.87. The summed E-state index contributed by atoms with van der Waals surface area (Å²) < 4.78 is 0. The fourth-order valence-corrected chi connectivity index (χ4v) is 3.21. The second-order valence-electron chi connectivity index (χ2n) is 6.98. The molecule has 0 unspecified atom stereocenters. The van der Waals surface area contributed by atoms with Crippen LogP contribution in [0.4, 0.5) is 11.4 Å². The summed E-state index contributed by atoms with van der Waals surface area (Å²) in [6.45, 7) is 3.75. The van der Waals surface area contributed by atoms with Crippen LogP contribution in [-0.2, 0) is 0 Å². The molecular formula is C21H25N5O2. The Kier molecular flexibility index (Phi) is 5.93. The lowest BCUT2D eigenvalue weighted by atomic mass is 10.1. The van der Waals surface area contributed by atoms with Gasteiger partial charge in [-0.05, 0) is 62.6 Å². The van der Waals surface area contributed by atoms with Crippen LogP contribution in [0.1, 0.15) is 42.1 Å². The van der Waals surface area contributed by atoms with E-state index < -0.39 is 5.56 Å². The largest absolute Gasteiger partial charge is 0.402 e. The Balaban J connectivity index is 1.74. The molecule has 1 aliphatic rings. The molecule has 0 radical (unpaired) electrons. The third kappa shape index (κ3) is 4.68. The summed E-state index contributed by atoms with van der Waals surface area (Å²) in [5.74, 6) is -0.370. The zero-order chi connectivity index (χ0) is 20.1. The number of aromatic amines is 1. The summed E-state index contributed by atoms with van der Waals surface area (Å²) in [4.78, 5) is 29.5. The van der Waals surface area contributed by atoms with Crippen molar-refractivity contribution in [2.45, 2.75) is 26.2 Å². The number of nitrogens with two attached hydrogens (primary N) is 1. The smallest absolute Gasteiger partial charge is 0.271 e. The summed E-state index contributed by atoms with van der Waals surface area (Å²) in [7, 11) is 0. The van der Waals surface area contributed by atoms with Crippen molar-refractivity contribution in [2.24, 2.45) is 5.73 Å². The van der Waals surface area contributed by atoms with Crippen LogP contribution in [-0.4, -0.2) is 29.7 Å². The molecule has 2 aromatic rings. The Morgan fingerprint density at radius 1 is 1.18 bits per heavy atom. The Bertz CT molecular complexity index is 950. The van der Waals surface area contributed by atoms with Gasteiger partial charge in [-0.25, -0.2) is 0 Å². The zero-order valence-corrected chi connectivity index (χ0v) is 15.9. The second-order valence-corrected chi connectivity index (χ2v) is 6.98. The first-order valence-corrected chi connectivity index (χ1v) is 9.36. The second kappa shape index (κ2) is 8.56. The highest BCUT2D eigenvalue weighted by molar-refractivity contribution is 6.08. The number of amides is 1. The van der Waals surface area contributed by atoms with E-state index in [4.69, 9.17) is 11.1 Å².